The molecule has 1 aromatic carbocycles. The number of nitrogens with zero attached hydrogens (tertiary/aromatic N) is 1. The predicted molar refractivity (Wildman–Crippen MR) is 67.7 cm³/mol. The van der Waals surface area contributed by atoms with Crippen molar-refractivity contribution in [3.05, 3.63) is 48.0 Å². The molecule has 0 aliphatic carbocycles. The normalized spacial score (nSPS) is 11.3. The van der Waals surface area contributed by atoms with Crippen molar-refractivity contribution in [1.82, 2.24) is 4.98 Å². The minimum absolute atomic E-state index is 0.110. The summed E-state index contributed by atoms with van der Waals surface area (Å²) in [6.07, 6.45) is -4.37. The van der Waals surface area contributed by atoms with Crippen LogP contribution in [0.5, 0.6) is 5.75 Å². The van der Waals surface area contributed by atoms with E-state index >= 15 is 0 Å². The van der Waals surface area contributed by atoms with Crippen LogP contribution < -0.4 is 4.74 Å². The van der Waals surface area contributed by atoms with Gasteiger partial charge in [0.25, 0.3) is 0 Å². The Balaban J connectivity index is 2.35. The number of carboxylic acid groups (broad SMARTS) is 1. The molecule has 2 aromatic rings. The zero-order valence-corrected chi connectivity index (χ0v) is 10.9. The lowest BCUT2D eigenvalue weighted by atomic mass is 10.0. The highest BCUT2D eigenvalue weighted by Crippen LogP contribution is 2.28. The van der Waals surface area contributed by atoms with Gasteiger partial charge in [0, 0.05) is 5.56 Å². The standard InChI is InChI=1S/C14H9F4NO3/c15-9-5-11(12(19-7-9)6-13(20)21)8-1-3-10(4-2-8)22-14(16,17)18/h1-5,7H,6H2,(H,20,21). The van der Waals surface area contributed by atoms with E-state index in [0.29, 0.717) is 5.56 Å². The molecule has 0 amide bonds. The molecule has 0 atom stereocenters. The molecule has 0 saturated carbocycles. The molecule has 1 heterocycles. The van der Waals surface area contributed by atoms with Crippen molar-refractivity contribution in [2.75, 3.05) is 0 Å². The number of carbonyl (C=O) groups is 1. The lowest BCUT2D eigenvalue weighted by Crippen LogP contribution is -2.16. The summed E-state index contributed by atoms with van der Waals surface area (Å²) < 4.78 is 53.3. The number of aliphatic carboxylic acids is 1. The first-order valence-electron chi connectivity index (χ1n) is 5.97. The average molecular weight is 315 g/mol. The number of ether oxygens (including phenoxy) is 1. The van der Waals surface area contributed by atoms with Crippen LogP contribution in [0.3, 0.4) is 0 Å². The molecule has 0 bridgehead atoms. The Kier molecular flexibility index (Phi) is 4.30. The van der Waals surface area contributed by atoms with Gasteiger partial charge in [-0.25, -0.2) is 4.39 Å². The zero-order valence-electron chi connectivity index (χ0n) is 10.9. The summed E-state index contributed by atoms with van der Waals surface area (Å²) in [4.78, 5) is 14.5. The van der Waals surface area contributed by atoms with E-state index in [-0.39, 0.29) is 11.3 Å². The first-order valence-corrected chi connectivity index (χ1v) is 5.97. The first kappa shape index (κ1) is 15.7. The number of halogens is 4. The highest BCUT2D eigenvalue weighted by molar-refractivity contribution is 5.75. The summed E-state index contributed by atoms with van der Waals surface area (Å²) in [6.45, 7) is 0. The third-order valence-electron chi connectivity index (χ3n) is 2.65. The number of benzene rings is 1. The number of pyridine rings is 1. The van der Waals surface area contributed by atoms with Gasteiger partial charge >= 0.3 is 12.3 Å². The Bertz CT molecular complexity index is 683. The van der Waals surface area contributed by atoms with Crippen molar-refractivity contribution in [2.24, 2.45) is 0 Å². The molecule has 116 valence electrons. The summed E-state index contributed by atoms with van der Waals surface area (Å²) >= 11 is 0. The van der Waals surface area contributed by atoms with Gasteiger partial charge in [0.2, 0.25) is 0 Å². The van der Waals surface area contributed by atoms with Gasteiger partial charge in [0.15, 0.2) is 0 Å². The maximum Gasteiger partial charge on any atom is 0.573 e. The Hall–Kier alpha value is -2.64. The van der Waals surface area contributed by atoms with Crippen molar-refractivity contribution in [2.45, 2.75) is 12.8 Å². The molecule has 1 aromatic heterocycles. The topological polar surface area (TPSA) is 59.4 Å². The summed E-state index contributed by atoms with van der Waals surface area (Å²) in [7, 11) is 0. The van der Waals surface area contributed by atoms with Crippen LogP contribution in [0.1, 0.15) is 5.69 Å². The maximum absolute atomic E-state index is 13.3. The van der Waals surface area contributed by atoms with Crippen molar-refractivity contribution in [3.8, 4) is 16.9 Å². The van der Waals surface area contributed by atoms with E-state index in [2.05, 4.69) is 9.72 Å². The van der Waals surface area contributed by atoms with Gasteiger partial charge in [0.05, 0.1) is 18.3 Å². The van der Waals surface area contributed by atoms with Gasteiger partial charge in [-0.05, 0) is 23.8 Å². The van der Waals surface area contributed by atoms with Crippen LogP contribution in [0.25, 0.3) is 11.1 Å². The fraction of sp³-hybridized carbons (Fsp3) is 0.143. The molecule has 22 heavy (non-hydrogen) atoms. The first-order chi connectivity index (χ1) is 10.2. The van der Waals surface area contributed by atoms with Gasteiger partial charge in [-0.3, -0.25) is 9.78 Å². The minimum Gasteiger partial charge on any atom is -0.481 e. The van der Waals surface area contributed by atoms with Gasteiger partial charge in [-0.15, -0.1) is 13.2 Å². The third kappa shape index (κ3) is 4.18. The second-order valence-electron chi connectivity index (χ2n) is 4.29. The second kappa shape index (κ2) is 6.00. The van der Waals surface area contributed by atoms with Crippen LogP contribution in [-0.4, -0.2) is 22.4 Å². The van der Waals surface area contributed by atoms with Gasteiger partial charge < -0.3 is 9.84 Å². The SMILES string of the molecule is O=C(O)Cc1ncc(F)cc1-c1ccc(OC(F)(F)F)cc1. The minimum atomic E-state index is -4.81. The fourth-order valence-electron chi connectivity index (χ4n) is 1.84. The lowest BCUT2D eigenvalue weighted by Gasteiger charge is -2.11. The predicted octanol–water partition coefficient (Wildman–Crippen LogP) is 3.41. The van der Waals surface area contributed by atoms with E-state index in [0.717, 1.165) is 24.4 Å². The van der Waals surface area contributed by atoms with Gasteiger partial charge in [-0.2, -0.15) is 0 Å². The highest BCUT2D eigenvalue weighted by atomic mass is 19.4. The Morgan fingerprint density at radius 3 is 2.41 bits per heavy atom. The number of hydrogen-bond acceptors (Lipinski definition) is 3. The molecule has 0 fully saturated rings. The van der Waals surface area contributed by atoms with E-state index in [9.17, 15) is 22.4 Å². The number of rotatable bonds is 4. The smallest absolute Gasteiger partial charge is 0.481 e. The van der Waals surface area contributed by atoms with Gasteiger partial charge in [-0.1, -0.05) is 12.1 Å². The molecule has 0 unspecified atom stereocenters. The molecule has 0 saturated heterocycles. The third-order valence-corrected chi connectivity index (χ3v) is 2.65. The van der Waals surface area contributed by atoms with Gasteiger partial charge in [0.1, 0.15) is 11.6 Å². The monoisotopic (exact) mass is 315 g/mol. The maximum atomic E-state index is 13.3. The van der Waals surface area contributed by atoms with Crippen LogP contribution in [-0.2, 0) is 11.2 Å². The molecule has 0 spiro atoms. The quantitative estimate of drug-likeness (QED) is 0.878. The number of aromatic nitrogens is 1. The van der Waals surface area contributed by atoms with Crippen molar-refractivity contribution in [1.29, 1.82) is 0 Å². The van der Waals surface area contributed by atoms with Crippen LogP contribution in [0.15, 0.2) is 36.5 Å². The Morgan fingerprint density at radius 1 is 1.23 bits per heavy atom. The zero-order chi connectivity index (χ0) is 16.3. The number of hydrogen-bond donors (Lipinski definition) is 1. The van der Waals surface area contributed by atoms with E-state index in [1.54, 1.807) is 0 Å². The molecule has 0 aliphatic rings. The molecule has 1 N–H and O–H groups in total. The molecule has 0 radical (unpaired) electrons. The van der Waals surface area contributed by atoms with Crippen LogP contribution in [0, 0.1) is 5.82 Å². The second-order valence-corrected chi connectivity index (χ2v) is 4.29. The highest BCUT2D eigenvalue weighted by Gasteiger charge is 2.31. The summed E-state index contributed by atoms with van der Waals surface area (Å²) in [6, 6.07) is 5.72. The van der Waals surface area contributed by atoms with Crippen LogP contribution >= 0.6 is 0 Å². The molecule has 2 rings (SSSR count). The summed E-state index contributed by atoms with van der Waals surface area (Å²) in [5.41, 5.74) is 0.636. The molecule has 4 nitrogen and oxygen atoms in total. The largest absolute Gasteiger partial charge is 0.573 e. The average Bonchev–Trinajstić information content (AvgIpc) is 2.39. The lowest BCUT2D eigenvalue weighted by molar-refractivity contribution is -0.274. The molecule has 0 aliphatic heterocycles. The Morgan fingerprint density at radius 2 is 1.86 bits per heavy atom. The summed E-state index contributed by atoms with van der Waals surface area (Å²) in [5.74, 6) is -2.27. The summed E-state index contributed by atoms with van der Waals surface area (Å²) in [5, 5.41) is 8.80. The van der Waals surface area contributed by atoms with Crippen LogP contribution in [0.2, 0.25) is 0 Å². The van der Waals surface area contributed by atoms with E-state index in [1.807, 2.05) is 0 Å². The molecular weight excluding hydrogens is 306 g/mol. The Labute approximate surface area is 122 Å². The van der Waals surface area contributed by atoms with E-state index in [1.165, 1.54) is 12.1 Å². The number of carboxylic acids is 1. The number of alkyl halides is 3. The van der Waals surface area contributed by atoms with Crippen LogP contribution in [0.4, 0.5) is 17.6 Å². The van der Waals surface area contributed by atoms with Crippen molar-refractivity contribution >= 4 is 5.97 Å². The van der Waals surface area contributed by atoms with Crippen molar-refractivity contribution in [3.63, 3.8) is 0 Å². The fourth-order valence-corrected chi connectivity index (χ4v) is 1.84. The van der Waals surface area contributed by atoms with E-state index in [4.69, 9.17) is 5.11 Å². The molecular formula is C14H9F4NO3. The van der Waals surface area contributed by atoms with E-state index < -0.39 is 30.3 Å². The van der Waals surface area contributed by atoms with Crippen molar-refractivity contribution < 1.29 is 32.2 Å². The molecule has 8 heteroatoms.